The van der Waals surface area contributed by atoms with Gasteiger partial charge in [0.2, 0.25) is 0 Å². The van der Waals surface area contributed by atoms with Gasteiger partial charge in [-0.05, 0) is 41.3 Å². The van der Waals surface area contributed by atoms with Gasteiger partial charge in [0.25, 0.3) is 0 Å². The van der Waals surface area contributed by atoms with E-state index < -0.39 is 0 Å². The van der Waals surface area contributed by atoms with Gasteiger partial charge in [-0.25, -0.2) is 0 Å². The molecule has 0 aliphatic carbocycles. The van der Waals surface area contributed by atoms with Gasteiger partial charge >= 0.3 is 0 Å². The van der Waals surface area contributed by atoms with Gasteiger partial charge in [-0.2, -0.15) is 0 Å². The Labute approximate surface area is 129 Å². The Bertz CT molecular complexity index is 573. The van der Waals surface area contributed by atoms with E-state index in [1.807, 2.05) is 36.4 Å². The highest BCUT2D eigenvalue weighted by Crippen LogP contribution is 2.29. The van der Waals surface area contributed by atoms with Crippen LogP contribution in [0.5, 0.6) is 5.75 Å². The maximum Gasteiger partial charge on any atom is 0.123 e. The van der Waals surface area contributed by atoms with Crippen molar-refractivity contribution < 1.29 is 4.74 Å². The molecule has 0 heterocycles. The Balaban J connectivity index is 1.99. The third kappa shape index (κ3) is 4.24. The molecule has 0 spiro atoms. The van der Waals surface area contributed by atoms with Crippen LogP contribution in [0.4, 0.5) is 0 Å². The summed E-state index contributed by atoms with van der Waals surface area (Å²) in [5.41, 5.74) is 2.42. The molecule has 0 bridgehead atoms. The van der Waals surface area contributed by atoms with Crippen LogP contribution in [0.3, 0.4) is 0 Å². The lowest BCUT2D eigenvalue weighted by Crippen LogP contribution is -1.99. The summed E-state index contributed by atoms with van der Waals surface area (Å²) in [6.07, 6.45) is 4.12. The molecule has 0 N–H and O–H groups in total. The number of benzene rings is 2. The highest BCUT2D eigenvalue weighted by atomic mass is 79.9. The molecule has 0 amide bonds. The second-order valence-electron chi connectivity index (χ2n) is 4.96. The minimum absolute atomic E-state index is 0.445. The number of rotatable bonds is 5. The first-order valence-electron chi connectivity index (χ1n) is 6.80. The first-order chi connectivity index (χ1) is 9.66. The van der Waals surface area contributed by atoms with E-state index in [1.165, 1.54) is 11.1 Å². The topological polar surface area (TPSA) is 9.23 Å². The Morgan fingerprint density at radius 1 is 1.10 bits per heavy atom. The van der Waals surface area contributed by atoms with Crippen molar-refractivity contribution in [3.8, 4) is 5.75 Å². The Kier molecular flexibility index (Phi) is 5.42. The third-order valence-electron chi connectivity index (χ3n) is 3.04. The average Bonchev–Trinajstić information content (AvgIpc) is 2.45. The Morgan fingerprint density at radius 3 is 2.55 bits per heavy atom. The van der Waals surface area contributed by atoms with Gasteiger partial charge in [-0.3, -0.25) is 0 Å². The molecule has 0 aromatic heterocycles. The molecule has 2 heteroatoms. The minimum Gasteiger partial charge on any atom is -0.489 e. The molecule has 0 aliphatic heterocycles. The van der Waals surface area contributed by atoms with Crippen molar-refractivity contribution in [3.63, 3.8) is 0 Å². The fourth-order valence-corrected chi connectivity index (χ4v) is 2.37. The Morgan fingerprint density at radius 2 is 1.85 bits per heavy atom. The van der Waals surface area contributed by atoms with Crippen molar-refractivity contribution in [2.24, 2.45) is 0 Å². The summed E-state index contributed by atoms with van der Waals surface area (Å²) in [5, 5.41) is 0. The monoisotopic (exact) mass is 330 g/mol. The van der Waals surface area contributed by atoms with Crippen LogP contribution >= 0.6 is 15.9 Å². The van der Waals surface area contributed by atoms with Crippen LogP contribution in [0.25, 0.3) is 6.08 Å². The van der Waals surface area contributed by atoms with Gasteiger partial charge in [-0.15, -0.1) is 0 Å². The van der Waals surface area contributed by atoms with Crippen LogP contribution < -0.4 is 4.74 Å². The van der Waals surface area contributed by atoms with Crippen molar-refractivity contribution in [3.05, 3.63) is 70.2 Å². The molecular formula is C18H19BrO. The lowest BCUT2D eigenvalue weighted by molar-refractivity contribution is 0.358. The average molecular weight is 331 g/mol. The highest BCUT2D eigenvalue weighted by Gasteiger charge is 2.07. The molecule has 0 unspecified atom stereocenters. The zero-order valence-corrected chi connectivity index (χ0v) is 13.4. The highest BCUT2D eigenvalue weighted by molar-refractivity contribution is 9.10. The molecule has 2 rings (SSSR count). The van der Waals surface area contributed by atoms with Crippen molar-refractivity contribution in [1.29, 1.82) is 0 Å². The van der Waals surface area contributed by atoms with Gasteiger partial charge in [0.1, 0.15) is 12.4 Å². The van der Waals surface area contributed by atoms with E-state index in [0.717, 1.165) is 10.2 Å². The Hall–Kier alpha value is -1.54. The van der Waals surface area contributed by atoms with Crippen molar-refractivity contribution in [2.45, 2.75) is 19.8 Å². The smallest absolute Gasteiger partial charge is 0.123 e. The van der Waals surface area contributed by atoms with Crippen molar-refractivity contribution in [1.82, 2.24) is 0 Å². The van der Waals surface area contributed by atoms with E-state index in [4.69, 9.17) is 4.74 Å². The summed E-state index contributed by atoms with van der Waals surface area (Å²) in [4.78, 5) is 0. The van der Waals surface area contributed by atoms with E-state index in [0.29, 0.717) is 12.5 Å². The molecule has 0 radical (unpaired) electrons. The molecule has 2 aromatic rings. The number of ether oxygens (including phenoxy) is 1. The first-order valence-corrected chi connectivity index (χ1v) is 7.60. The molecule has 0 saturated carbocycles. The summed E-state index contributed by atoms with van der Waals surface area (Å²) in [6.45, 7) is 4.93. The fourth-order valence-electron chi connectivity index (χ4n) is 1.99. The maximum absolute atomic E-state index is 5.87. The number of halogens is 1. The summed E-state index contributed by atoms with van der Waals surface area (Å²) < 4.78 is 6.96. The maximum atomic E-state index is 5.87. The largest absolute Gasteiger partial charge is 0.489 e. The van der Waals surface area contributed by atoms with E-state index in [-0.39, 0.29) is 0 Å². The molecule has 2 aromatic carbocycles. The number of hydrogen-bond acceptors (Lipinski definition) is 1. The summed E-state index contributed by atoms with van der Waals surface area (Å²) in [6, 6.07) is 16.4. The zero-order valence-electron chi connectivity index (χ0n) is 11.8. The lowest BCUT2D eigenvalue weighted by atomic mass is 10.0. The standard InChI is InChI=1S/C18H19BrO/c1-14(2)17-13-16(19)10-11-18(17)20-12-6-9-15-7-4-3-5-8-15/h3-11,13-14H,12H2,1-2H3/b9-6+. The summed E-state index contributed by atoms with van der Waals surface area (Å²) >= 11 is 3.51. The van der Waals surface area contributed by atoms with Crippen molar-refractivity contribution in [2.75, 3.05) is 6.61 Å². The van der Waals surface area contributed by atoms with E-state index in [2.05, 4.69) is 54.1 Å². The number of hydrogen-bond donors (Lipinski definition) is 0. The minimum atomic E-state index is 0.445. The molecule has 0 fully saturated rings. The first kappa shape index (κ1) is 14.9. The quantitative estimate of drug-likeness (QED) is 0.686. The van der Waals surface area contributed by atoms with Crippen LogP contribution in [0.15, 0.2) is 59.1 Å². The summed E-state index contributed by atoms with van der Waals surface area (Å²) in [5.74, 6) is 1.40. The van der Waals surface area contributed by atoms with Crippen molar-refractivity contribution >= 4 is 22.0 Å². The van der Waals surface area contributed by atoms with Gasteiger partial charge in [0.05, 0.1) is 0 Å². The molecule has 0 atom stereocenters. The second kappa shape index (κ2) is 7.30. The van der Waals surface area contributed by atoms with Crippen LogP contribution in [-0.4, -0.2) is 6.61 Å². The third-order valence-corrected chi connectivity index (χ3v) is 3.53. The zero-order chi connectivity index (χ0) is 14.4. The fraction of sp³-hybridized carbons (Fsp3) is 0.222. The van der Waals surface area contributed by atoms with Gasteiger partial charge < -0.3 is 4.74 Å². The van der Waals surface area contributed by atoms with Crippen LogP contribution in [0.1, 0.15) is 30.9 Å². The predicted molar refractivity (Wildman–Crippen MR) is 89.2 cm³/mol. The van der Waals surface area contributed by atoms with E-state index in [1.54, 1.807) is 0 Å². The molecule has 1 nitrogen and oxygen atoms in total. The van der Waals surface area contributed by atoms with Gasteiger partial charge in [0, 0.05) is 4.47 Å². The lowest BCUT2D eigenvalue weighted by Gasteiger charge is -2.13. The van der Waals surface area contributed by atoms with Gasteiger partial charge in [0.15, 0.2) is 0 Å². The molecule has 20 heavy (non-hydrogen) atoms. The van der Waals surface area contributed by atoms with E-state index in [9.17, 15) is 0 Å². The van der Waals surface area contributed by atoms with E-state index >= 15 is 0 Å². The molecule has 0 aliphatic rings. The summed E-state index contributed by atoms with van der Waals surface area (Å²) in [7, 11) is 0. The molecule has 104 valence electrons. The van der Waals surface area contributed by atoms with Crippen LogP contribution in [0, 0.1) is 0 Å². The predicted octanol–water partition coefficient (Wildman–Crippen LogP) is 5.66. The molecular weight excluding hydrogens is 312 g/mol. The van der Waals surface area contributed by atoms with Crippen LogP contribution in [-0.2, 0) is 0 Å². The van der Waals surface area contributed by atoms with Gasteiger partial charge in [-0.1, -0.05) is 66.2 Å². The second-order valence-corrected chi connectivity index (χ2v) is 5.88. The molecule has 0 saturated heterocycles. The SMILES string of the molecule is CC(C)c1cc(Br)ccc1OC/C=C/c1ccccc1. The van der Waals surface area contributed by atoms with Crippen LogP contribution in [0.2, 0.25) is 0 Å². The normalized spacial score (nSPS) is 11.2.